The number of methoxy groups -OCH3 is 2. The molecule has 10 nitrogen and oxygen atoms in total. The second-order valence-corrected chi connectivity index (χ2v) is 8.80. The van der Waals surface area contributed by atoms with Gasteiger partial charge in [0, 0.05) is 49.5 Å². The van der Waals surface area contributed by atoms with Gasteiger partial charge in [0.2, 0.25) is 11.8 Å². The van der Waals surface area contributed by atoms with Gasteiger partial charge in [-0.3, -0.25) is 19.4 Å². The third kappa shape index (κ3) is 4.77. The number of likely N-dealkylation sites (tertiary alicyclic amines) is 1. The minimum absolute atomic E-state index is 0.00494. The van der Waals surface area contributed by atoms with Gasteiger partial charge in [-0.2, -0.15) is 0 Å². The van der Waals surface area contributed by atoms with Crippen LogP contribution in [0.5, 0.6) is 5.75 Å². The quantitative estimate of drug-likeness (QED) is 0.475. The number of amides is 3. The molecule has 0 aliphatic carbocycles. The van der Waals surface area contributed by atoms with E-state index in [1.54, 1.807) is 25.2 Å². The highest BCUT2D eigenvalue weighted by Crippen LogP contribution is 2.29. The number of hydrogen-bond donors (Lipinski definition) is 3. The van der Waals surface area contributed by atoms with E-state index in [1.807, 2.05) is 18.2 Å². The summed E-state index contributed by atoms with van der Waals surface area (Å²) in [6.07, 6.45) is 1.34. The number of aromatic nitrogens is 1. The summed E-state index contributed by atoms with van der Waals surface area (Å²) in [6, 6.07) is 6.25. The van der Waals surface area contributed by atoms with Gasteiger partial charge in [0.1, 0.15) is 17.5 Å². The first kappa shape index (κ1) is 23.7. The number of benzene rings is 1. The number of hydrogen-bond acceptors (Lipinski definition) is 6. The first-order valence-electron chi connectivity index (χ1n) is 11.4. The van der Waals surface area contributed by atoms with Crippen molar-refractivity contribution in [3.05, 3.63) is 30.0 Å². The molecule has 3 heterocycles. The number of aromatic amines is 1. The molecule has 0 spiro atoms. The second-order valence-electron chi connectivity index (χ2n) is 8.80. The minimum Gasteiger partial charge on any atom is -0.496 e. The molecule has 3 N–H and O–H groups in total. The fraction of sp³-hybridized carbons (Fsp3) is 0.500. The lowest BCUT2D eigenvalue weighted by atomic mass is 9.98. The van der Waals surface area contributed by atoms with Crippen LogP contribution in [0.4, 0.5) is 0 Å². The molecule has 4 unspecified atom stereocenters. The van der Waals surface area contributed by atoms with Crippen LogP contribution in [0.25, 0.3) is 10.9 Å². The first-order chi connectivity index (χ1) is 16.4. The zero-order valence-corrected chi connectivity index (χ0v) is 19.5. The van der Waals surface area contributed by atoms with Crippen molar-refractivity contribution >= 4 is 35.3 Å². The Morgan fingerprint density at radius 2 is 2.18 bits per heavy atom. The maximum atomic E-state index is 13.5. The highest BCUT2D eigenvalue weighted by molar-refractivity contribution is 6.01. The van der Waals surface area contributed by atoms with E-state index >= 15 is 0 Å². The van der Waals surface area contributed by atoms with E-state index in [0.29, 0.717) is 43.9 Å². The van der Waals surface area contributed by atoms with Crippen molar-refractivity contribution in [2.75, 3.05) is 33.9 Å². The average molecular weight is 470 g/mol. The van der Waals surface area contributed by atoms with E-state index in [0.717, 1.165) is 17.3 Å². The van der Waals surface area contributed by atoms with Gasteiger partial charge in [-0.05, 0) is 37.8 Å². The number of carbonyl (C=O) groups excluding carboxylic acids is 3. The molecule has 2 aromatic rings. The van der Waals surface area contributed by atoms with Gasteiger partial charge < -0.3 is 30.0 Å². The number of ether oxygens (including phenoxy) is 2. The summed E-state index contributed by atoms with van der Waals surface area (Å²) in [5.41, 5.74) is 1.15. The van der Waals surface area contributed by atoms with Crippen LogP contribution < -0.4 is 15.4 Å². The lowest BCUT2D eigenvalue weighted by Crippen LogP contribution is -2.50. The number of fused-ring (bicyclic) bond motifs is 1. The number of rotatable bonds is 9. The zero-order chi connectivity index (χ0) is 24.2. The smallest absolute Gasteiger partial charge is 0.271 e. The van der Waals surface area contributed by atoms with Crippen molar-refractivity contribution in [2.45, 2.75) is 37.5 Å². The van der Waals surface area contributed by atoms with Crippen LogP contribution in [0.1, 0.15) is 29.8 Å². The van der Waals surface area contributed by atoms with Gasteiger partial charge in [0.05, 0.1) is 19.8 Å². The van der Waals surface area contributed by atoms with Gasteiger partial charge in [-0.25, -0.2) is 0 Å². The molecule has 1 aromatic carbocycles. The van der Waals surface area contributed by atoms with E-state index in [-0.39, 0.29) is 35.8 Å². The molecule has 0 bridgehead atoms. The van der Waals surface area contributed by atoms with Crippen LogP contribution in [-0.4, -0.2) is 86.4 Å². The summed E-state index contributed by atoms with van der Waals surface area (Å²) in [6.45, 7) is 4.78. The lowest BCUT2D eigenvalue weighted by Gasteiger charge is -2.26. The van der Waals surface area contributed by atoms with Crippen LogP contribution in [0, 0.1) is 5.92 Å². The predicted molar refractivity (Wildman–Crippen MR) is 127 cm³/mol. The third-order valence-corrected chi connectivity index (χ3v) is 6.66. The summed E-state index contributed by atoms with van der Waals surface area (Å²) in [5, 5.41) is 6.61. The summed E-state index contributed by atoms with van der Waals surface area (Å²) >= 11 is 0. The summed E-state index contributed by atoms with van der Waals surface area (Å²) < 4.78 is 10.9. The SMILES string of the molecule is C=NCC(CC1CCNC1=O)NC(=O)C1CC(OC)CN1C(=O)c1cc2c(OC)cccc2[nH]1. The average Bonchev–Trinajstić information content (AvgIpc) is 3.56. The normalized spacial score (nSPS) is 23.1. The van der Waals surface area contributed by atoms with Crippen LogP contribution in [0.3, 0.4) is 0 Å². The van der Waals surface area contributed by atoms with E-state index in [9.17, 15) is 14.4 Å². The lowest BCUT2D eigenvalue weighted by molar-refractivity contribution is -0.127. The van der Waals surface area contributed by atoms with Crippen molar-refractivity contribution in [1.82, 2.24) is 20.5 Å². The highest BCUT2D eigenvalue weighted by atomic mass is 16.5. The van der Waals surface area contributed by atoms with Gasteiger partial charge >= 0.3 is 0 Å². The van der Waals surface area contributed by atoms with Crippen LogP contribution >= 0.6 is 0 Å². The molecular formula is C24H31N5O5. The maximum absolute atomic E-state index is 13.5. The molecule has 3 amide bonds. The van der Waals surface area contributed by atoms with E-state index in [4.69, 9.17) is 9.47 Å². The monoisotopic (exact) mass is 469 g/mol. The van der Waals surface area contributed by atoms with Crippen molar-refractivity contribution < 1.29 is 23.9 Å². The minimum atomic E-state index is -0.699. The van der Waals surface area contributed by atoms with Gasteiger partial charge in [-0.15, -0.1) is 0 Å². The Morgan fingerprint density at radius 1 is 1.35 bits per heavy atom. The molecule has 2 saturated heterocycles. The zero-order valence-electron chi connectivity index (χ0n) is 19.5. The van der Waals surface area contributed by atoms with Gasteiger partial charge in [-0.1, -0.05) is 6.07 Å². The Bertz CT molecular complexity index is 1080. The Labute approximate surface area is 198 Å². The molecule has 2 aliphatic heterocycles. The van der Waals surface area contributed by atoms with Crippen LogP contribution in [0.15, 0.2) is 29.3 Å². The topological polar surface area (TPSA) is 125 Å². The van der Waals surface area contributed by atoms with Crippen molar-refractivity contribution in [3.8, 4) is 5.75 Å². The fourth-order valence-corrected chi connectivity index (χ4v) is 4.86. The van der Waals surface area contributed by atoms with Gasteiger partial charge in [0.15, 0.2) is 0 Å². The highest BCUT2D eigenvalue weighted by Gasteiger charge is 2.41. The van der Waals surface area contributed by atoms with Crippen molar-refractivity contribution in [1.29, 1.82) is 0 Å². The predicted octanol–water partition coefficient (Wildman–Crippen LogP) is 1.12. The number of nitrogens with one attached hydrogen (secondary N) is 3. The Kier molecular flexibility index (Phi) is 7.16. The van der Waals surface area contributed by atoms with E-state index < -0.39 is 6.04 Å². The molecule has 2 aliphatic rings. The Hall–Kier alpha value is -3.40. The molecule has 1 aromatic heterocycles. The van der Waals surface area contributed by atoms with Crippen molar-refractivity contribution in [3.63, 3.8) is 0 Å². The van der Waals surface area contributed by atoms with Crippen LogP contribution in [0.2, 0.25) is 0 Å². The van der Waals surface area contributed by atoms with Crippen molar-refractivity contribution in [2.24, 2.45) is 10.9 Å². The summed E-state index contributed by atoms with van der Waals surface area (Å²) in [5.74, 6) is -0.0785. The number of aliphatic imine (C=N–C) groups is 1. The Balaban J connectivity index is 1.52. The molecule has 4 rings (SSSR count). The van der Waals surface area contributed by atoms with E-state index in [1.165, 1.54) is 0 Å². The molecule has 0 saturated carbocycles. The first-order valence-corrected chi connectivity index (χ1v) is 11.4. The van der Waals surface area contributed by atoms with E-state index in [2.05, 4.69) is 27.3 Å². The fourth-order valence-electron chi connectivity index (χ4n) is 4.86. The number of H-pyrrole nitrogens is 1. The van der Waals surface area contributed by atoms with Gasteiger partial charge in [0.25, 0.3) is 5.91 Å². The summed E-state index contributed by atoms with van der Waals surface area (Å²) in [4.78, 5) is 47.4. The Morgan fingerprint density at radius 3 is 2.85 bits per heavy atom. The molecule has 182 valence electrons. The second kappa shape index (κ2) is 10.3. The molecule has 2 fully saturated rings. The molecule has 10 heteroatoms. The molecular weight excluding hydrogens is 438 g/mol. The largest absolute Gasteiger partial charge is 0.496 e. The molecule has 34 heavy (non-hydrogen) atoms. The van der Waals surface area contributed by atoms with Crippen LogP contribution in [-0.2, 0) is 14.3 Å². The standard InChI is InChI=1S/C24H31N5O5/c1-25-12-15(9-14-7-8-26-22(14)30)27-23(31)20-10-16(33-2)13-29(20)24(32)19-11-17-18(28-19)5-4-6-21(17)34-3/h4-6,11,14-16,20,28H,1,7-10,12-13H2,2-3H3,(H,26,30)(H,27,31). The maximum Gasteiger partial charge on any atom is 0.271 e. The number of nitrogens with zero attached hydrogens (tertiary/aromatic N) is 2. The molecule has 0 radical (unpaired) electrons. The summed E-state index contributed by atoms with van der Waals surface area (Å²) in [7, 11) is 3.15. The number of carbonyl (C=O) groups is 3. The third-order valence-electron chi connectivity index (χ3n) is 6.66. The molecule has 4 atom stereocenters.